The molecule has 0 amide bonds. The van der Waals surface area contributed by atoms with E-state index in [1.165, 1.54) is 12.8 Å². The van der Waals surface area contributed by atoms with Gasteiger partial charge in [0.05, 0.1) is 11.7 Å². The standard InChI is InChI=1S/C12H20N4/c1-9-14-6-5-11(15-9)12-10(8-13)4-3-7-16(12)2/h5-6,10,12H,3-4,7-8,13H2,1-2H3. The molecule has 1 aliphatic heterocycles. The third-order valence-corrected chi connectivity index (χ3v) is 3.41. The molecule has 0 aliphatic carbocycles. The summed E-state index contributed by atoms with van der Waals surface area (Å²) in [6, 6.07) is 2.38. The molecule has 2 atom stereocenters. The van der Waals surface area contributed by atoms with Crippen molar-refractivity contribution in [3.63, 3.8) is 0 Å². The molecule has 1 aromatic heterocycles. The van der Waals surface area contributed by atoms with Crippen LogP contribution in [-0.4, -0.2) is 35.0 Å². The largest absolute Gasteiger partial charge is 0.330 e. The van der Waals surface area contributed by atoms with Gasteiger partial charge in [-0.15, -0.1) is 0 Å². The minimum Gasteiger partial charge on any atom is -0.330 e. The van der Waals surface area contributed by atoms with E-state index in [1.807, 2.05) is 19.2 Å². The number of hydrogen-bond acceptors (Lipinski definition) is 4. The Morgan fingerprint density at radius 2 is 2.38 bits per heavy atom. The van der Waals surface area contributed by atoms with Crippen LogP contribution in [0.2, 0.25) is 0 Å². The topological polar surface area (TPSA) is 55.0 Å². The summed E-state index contributed by atoms with van der Waals surface area (Å²) in [6.45, 7) is 3.80. The first-order chi connectivity index (χ1) is 7.72. The molecule has 1 fully saturated rings. The van der Waals surface area contributed by atoms with Gasteiger partial charge in [-0.1, -0.05) is 0 Å². The van der Waals surface area contributed by atoms with Crippen LogP contribution < -0.4 is 5.73 Å². The van der Waals surface area contributed by atoms with Gasteiger partial charge in [0.1, 0.15) is 5.82 Å². The Bertz CT molecular complexity index is 353. The van der Waals surface area contributed by atoms with Gasteiger partial charge >= 0.3 is 0 Å². The molecule has 1 aliphatic rings. The third-order valence-electron chi connectivity index (χ3n) is 3.41. The quantitative estimate of drug-likeness (QED) is 0.811. The van der Waals surface area contributed by atoms with Crippen LogP contribution in [0.1, 0.15) is 30.4 Å². The maximum atomic E-state index is 5.86. The summed E-state index contributed by atoms with van der Waals surface area (Å²) in [4.78, 5) is 11.1. The number of rotatable bonds is 2. The summed E-state index contributed by atoms with van der Waals surface area (Å²) in [5.41, 5.74) is 6.98. The highest BCUT2D eigenvalue weighted by Gasteiger charge is 2.30. The average Bonchev–Trinajstić information content (AvgIpc) is 2.28. The summed E-state index contributed by atoms with van der Waals surface area (Å²) >= 11 is 0. The van der Waals surface area contributed by atoms with Gasteiger partial charge in [-0.25, -0.2) is 9.97 Å². The second-order valence-corrected chi connectivity index (χ2v) is 4.59. The van der Waals surface area contributed by atoms with E-state index in [1.54, 1.807) is 0 Å². The minimum atomic E-state index is 0.362. The molecule has 1 aromatic rings. The molecular formula is C12H20N4. The van der Waals surface area contributed by atoms with Crippen molar-refractivity contribution in [3.05, 3.63) is 23.8 Å². The summed E-state index contributed by atoms with van der Waals surface area (Å²) in [5.74, 6) is 1.36. The fourth-order valence-electron chi connectivity index (χ4n) is 2.61. The van der Waals surface area contributed by atoms with E-state index >= 15 is 0 Å². The lowest BCUT2D eigenvalue weighted by atomic mass is 9.87. The van der Waals surface area contributed by atoms with E-state index < -0.39 is 0 Å². The molecular weight excluding hydrogens is 200 g/mol. The number of hydrogen-bond donors (Lipinski definition) is 1. The van der Waals surface area contributed by atoms with Gasteiger partial charge < -0.3 is 5.73 Å². The van der Waals surface area contributed by atoms with Crippen molar-refractivity contribution in [2.75, 3.05) is 20.1 Å². The van der Waals surface area contributed by atoms with Crippen LogP contribution in [0.3, 0.4) is 0 Å². The molecule has 0 saturated carbocycles. The van der Waals surface area contributed by atoms with Crippen LogP contribution in [0.25, 0.3) is 0 Å². The molecule has 2 rings (SSSR count). The van der Waals surface area contributed by atoms with E-state index in [-0.39, 0.29) is 0 Å². The van der Waals surface area contributed by atoms with E-state index in [0.29, 0.717) is 12.0 Å². The number of nitrogens with two attached hydrogens (primary N) is 1. The second kappa shape index (κ2) is 4.89. The molecule has 0 radical (unpaired) electrons. The van der Waals surface area contributed by atoms with Crippen molar-refractivity contribution >= 4 is 0 Å². The maximum Gasteiger partial charge on any atom is 0.125 e. The van der Waals surface area contributed by atoms with Crippen molar-refractivity contribution in [2.24, 2.45) is 11.7 Å². The number of aryl methyl sites for hydroxylation is 1. The van der Waals surface area contributed by atoms with Gasteiger partial charge in [0.15, 0.2) is 0 Å². The highest BCUT2D eigenvalue weighted by Crippen LogP contribution is 2.33. The zero-order valence-corrected chi connectivity index (χ0v) is 10.1. The Morgan fingerprint density at radius 3 is 3.06 bits per heavy atom. The molecule has 1 saturated heterocycles. The van der Waals surface area contributed by atoms with Gasteiger partial charge in [0.2, 0.25) is 0 Å². The smallest absolute Gasteiger partial charge is 0.125 e. The molecule has 4 nitrogen and oxygen atoms in total. The van der Waals surface area contributed by atoms with Crippen LogP contribution in [0, 0.1) is 12.8 Å². The number of nitrogens with zero attached hydrogens (tertiary/aromatic N) is 3. The van der Waals surface area contributed by atoms with Crippen LogP contribution >= 0.6 is 0 Å². The van der Waals surface area contributed by atoms with Crippen LogP contribution in [0.4, 0.5) is 0 Å². The zero-order chi connectivity index (χ0) is 11.5. The fraction of sp³-hybridized carbons (Fsp3) is 0.667. The number of piperidine rings is 1. The molecule has 0 aromatic carbocycles. The van der Waals surface area contributed by atoms with E-state index in [4.69, 9.17) is 5.73 Å². The first kappa shape index (κ1) is 11.5. The zero-order valence-electron chi connectivity index (χ0n) is 10.1. The van der Waals surface area contributed by atoms with Crippen molar-refractivity contribution in [1.29, 1.82) is 0 Å². The highest BCUT2D eigenvalue weighted by molar-refractivity contribution is 5.10. The maximum absolute atomic E-state index is 5.86. The summed E-state index contributed by atoms with van der Waals surface area (Å²) < 4.78 is 0. The van der Waals surface area contributed by atoms with Crippen molar-refractivity contribution in [2.45, 2.75) is 25.8 Å². The SMILES string of the molecule is Cc1nccc(C2C(CN)CCCN2C)n1. The van der Waals surface area contributed by atoms with Gasteiger partial charge in [-0.05, 0) is 51.9 Å². The summed E-state index contributed by atoms with van der Waals surface area (Å²) in [6.07, 6.45) is 4.28. The van der Waals surface area contributed by atoms with Crippen molar-refractivity contribution in [1.82, 2.24) is 14.9 Å². The van der Waals surface area contributed by atoms with E-state index in [9.17, 15) is 0 Å². The normalized spacial score (nSPS) is 26.9. The number of aromatic nitrogens is 2. The predicted octanol–water partition coefficient (Wildman–Crippen LogP) is 1.13. The highest BCUT2D eigenvalue weighted by atomic mass is 15.2. The Kier molecular flexibility index (Phi) is 3.51. The van der Waals surface area contributed by atoms with Gasteiger partial charge in [0.25, 0.3) is 0 Å². The van der Waals surface area contributed by atoms with Gasteiger partial charge in [-0.3, -0.25) is 4.90 Å². The summed E-state index contributed by atoms with van der Waals surface area (Å²) in [5, 5.41) is 0. The van der Waals surface area contributed by atoms with Crippen LogP contribution in [0.5, 0.6) is 0 Å². The Hall–Kier alpha value is -1.00. The average molecular weight is 220 g/mol. The molecule has 2 unspecified atom stereocenters. The van der Waals surface area contributed by atoms with Gasteiger partial charge in [-0.2, -0.15) is 0 Å². The van der Waals surface area contributed by atoms with E-state index in [0.717, 1.165) is 24.6 Å². The summed E-state index contributed by atoms with van der Waals surface area (Å²) in [7, 11) is 2.16. The molecule has 2 N–H and O–H groups in total. The Morgan fingerprint density at radius 1 is 1.56 bits per heavy atom. The predicted molar refractivity (Wildman–Crippen MR) is 63.9 cm³/mol. The van der Waals surface area contributed by atoms with Crippen molar-refractivity contribution in [3.8, 4) is 0 Å². The van der Waals surface area contributed by atoms with Crippen LogP contribution in [-0.2, 0) is 0 Å². The molecule has 0 bridgehead atoms. The third kappa shape index (κ3) is 2.23. The minimum absolute atomic E-state index is 0.362. The fourth-order valence-corrected chi connectivity index (χ4v) is 2.61. The molecule has 88 valence electrons. The molecule has 4 heteroatoms. The first-order valence-corrected chi connectivity index (χ1v) is 5.92. The lowest BCUT2D eigenvalue weighted by Gasteiger charge is -2.38. The monoisotopic (exact) mass is 220 g/mol. The molecule has 16 heavy (non-hydrogen) atoms. The first-order valence-electron chi connectivity index (χ1n) is 5.92. The lowest BCUT2D eigenvalue weighted by Crippen LogP contribution is -2.39. The molecule has 0 spiro atoms. The van der Waals surface area contributed by atoms with Gasteiger partial charge in [0, 0.05) is 6.20 Å². The second-order valence-electron chi connectivity index (χ2n) is 4.59. The Balaban J connectivity index is 2.28. The Labute approximate surface area is 96.9 Å². The lowest BCUT2D eigenvalue weighted by molar-refractivity contribution is 0.121. The van der Waals surface area contributed by atoms with E-state index in [2.05, 4.69) is 21.9 Å². The number of likely N-dealkylation sites (tertiary alicyclic amines) is 1. The van der Waals surface area contributed by atoms with Crippen molar-refractivity contribution < 1.29 is 0 Å². The molecule has 2 heterocycles. The van der Waals surface area contributed by atoms with Crippen LogP contribution in [0.15, 0.2) is 12.3 Å².